The van der Waals surface area contributed by atoms with E-state index in [0.29, 0.717) is 10.7 Å². The van der Waals surface area contributed by atoms with Crippen molar-refractivity contribution in [3.63, 3.8) is 0 Å². The van der Waals surface area contributed by atoms with E-state index < -0.39 is 0 Å². The van der Waals surface area contributed by atoms with Crippen LogP contribution in [0, 0.1) is 25.2 Å². The van der Waals surface area contributed by atoms with E-state index in [4.69, 9.17) is 16.9 Å². The third-order valence-corrected chi connectivity index (χ3v) is 2.88. The van der Waals surface area contributed by atoms with E-state index in [-0.39, 0.29) is 0 Å². The number of nitriles is 1. The molecule has 0 fully saturated rings. The molecule has 0 aliphatic rings. The summed E-state index contributed by atoms with van der Waals surface area (Å²) in [6, 6.07) is 9.69. The molecule has 17 heavy (non-hydrogen) atoms. The molecular formula is C14H11ClN2. The molecule has 1 aromatic heterocycles. The number of nitrogens with zero attached hydrogens (tertiary/aromatic N) is 2. The maximum atomic E-state index is 8.91. The van der Waals surface area contributed by atoms with Crippen molar-refractivity contribution >= 4 is 11.6 Å². The van der Waals surface area contributed by atoms with Gasteiger partial charge in [-0.15, -0.1) is 0 Å². The molecule has 2 rings (SSSR count). The summed E-state index contributed by atoms with van der Waals surface area (Å²) in [7, 11) is 0. The second kappa shape index (κ2) is 4.57. The lowest BCUT2D eigenvalue weighted by molar-refractivity contribution is 1.30. The van der Waals surface area contributed by atoms with Crippen molar-refractivity contribution in [1.82, 2.24) is 4.98 Å². The highest BCUT2D eigenvalue weighted by Gasteiger charge is 2.08. The average Bonchev–Trinajstić information content (AvgIpc) is 2.28. The van der Waals surface area contributed by atoms with Crippen LogP contribution < -0.4 is 0 Å². The minimum Gasteiger partial charge on any atom is -0.245 e. The van der Waals surface area contributed by atoms with Crippen LogP contribution in [-0.4, -0.2) is 4.98 Å². The maximum Gasteiger partial charge on any atom is 0.129 e. The van der Waals surface area contributed by atoms with E-state index in [9.17, 15) is 0 Å². The second-order valence-corrected chi connectivity index (χ2v) is 4.35. The molecule has 0 bridgehead atoms. The summed E-state index contributed by atoms with van der Waals surface area (Å²) < 4.78 is 0. The van der Waals surface area contributed by atoms with Crippen molar-refractivity contribution in [1.29, 1.82) is 5.26 Å². The first-order valence-electron chi connectivity index (χ1n) is 5.25. The number of halogens is 1. The highest BCUT2D eigenvalue weighted by molar-refractivity contribution is 6.29. The van der Waals surface area contributed by atoms with Gasteiger partial charge in [-0.1, -0.05) is 11.6 Å². The molecule has 2 nitrogen and oxygen atoms in total. The van der Waals surface area contributed by atoms with Crippen molar-refractivity contribution in [2.45, 2.75) is 13.8 Å². The average molecular weight is 243 g/mol. The summed E-state index contributed by atoms with van der Waals surface area (Å²) >= 11 is 5.89. The molecule has 0 spiro atoms. The molecular weight excluding hydrogens is 232 g/mol. The quantitative estimate of drug-likeness (QED) is 0.712. The van der Waals surface area contributed by atoms with Gasteiger partial charge in [0.05, 0.1) is 11.6 Å². The smallest absolute Gasteiger partial charge is 0.129 e. The lowest BCUT2D eigenvalue weighted by atomic mass is 9.94. The van der Waals surface area contributed by atoms with Crippen molar-refractivity contribution in [2.24, 2.45) is 0 Å². The standard InChI is InChI=1S/C14H11ClN2/c1-9-5-11(8-16)6-10(2)14(9)12-3-4-17-13(15)7-12/h3-7H,1-2H3. The van der Waals surface area contributed by atoms with Gasteiger partial charge in [-0.25, -0.2) is 4.98 Å². The molecule has 1 heterocycles. The summed E-state index contributed by atoms with van der Waals surface area (Å²) in [5.41, 5.74) is 4.98. The van der Waals surface area contributed by atoms with E-state index in [1.807, 2.05) is 38.1 Å². The van der Waals surface area contributed by atoms with Gasteiger partial charge in [-0.2, -0.15) is 5.26 Å². The Hall–Kier alpha value is -1.85. The van der Waals surface area contributed by atoms with Crippen molar-refractivity contribution in [2.75, 3.05) is 0 Å². The van der Waals surface area contributed by atoms with Gasteiger partial charge in [0.2, 0.25) is 0 Å². The van der Waals surface area contributed by atoms with E-state index >= 15 is 0 Å². The van der Waals surface area contributed by atoms with Crippen molar-refractivity contribution < 1.29 is 0 Å². The van der Waals surface area contributed by atoms with Crippen molar-refractivity contribution in [3.05, 3.63) is 52.3 Å². The van der Waals surface area contributed by atoms with E-state index in [2.05, 4.69) is 11.1 Å². The zero-order valence-electron chi connectivity index (χ0n) is 9.66. The van der Waals surface area contributed by atoms with Crippen LogP contribution in [0.2, 0.25) is 5.15 Å². The van der Waals surface area contributed by atoms with Crippen LogP contribution in [-0.2, 0) is 0 Å². The van der Waals surface area contributed by atoms with Crippen LogP contribution in [0.1, 0.15) is 16.7 Å². The monoisotopic (exact) mass is 242 g/mol. The van der Waals surface area contributed by atoms with Crippen LogP contribution in [0.4, 0.5) is 0 Å². The first-order valence-corrected chi connectivity index (χ1v) is 5.63. The third-order valence-electron chi connectivity index (χ3n) is 2.68. The van der Waals surface area contributed by atoms with Gasteiger partial charge >= 0.3 is 0 Å². The van der Waals surface area contributed by atoms with Gasteiger partial charge in [0.25, 0.3) is 0 Å². The molecule has 1 aromatic carbocycles. The fourth-order valence-electron chi connectivity index (χ4n) is 2.04. The first-order chi connectivity index (χ1) is 8.11. The van der Waals surface area contributed by atoms with Crippen molar-refractivity contribution in [3.8, 4) is 17.2 Å². The van der Waals surface area contributed by atoms with Gasteiger partial charge in [0.1, 0.15) is 5.15 Å². The van der Waals surface area contributed by atoms with Gasteiger partial charge in [0, 0.05) is 6.20 Å². The van der Waals surface area contributed by atoms with E-state index in [1.165, 1.54) is 0 Å². The minimum absolute atomic E-state index is 0.477. The molecule has 0 unspecified atom stereocenters. The van der Waals surface area contributed by atoms with E-state index in [1.54, 1.807) is 6.20 Å². The SMILES string of the molecule is Cc1cc(C#N)cc(C)c1-c1ccnc(Cl)c1. The lowest BCUT2D eigenvalue weighted by Gasteiger charge is -2.10. The number of hydrogen-bond acceptors (Lipinski definition) is 2. The highest BCUT2D eigenvalue weighted by Crippen LogP contribution is 2.29. The molecule has 0 aliphatic carbocycles. The van der Waals surface area contributed by atoms with Gasteiger partial charge in [-0.05, 0) is 60.4 Å². The highest BCUT2D eigenvalue weighted by atomic mass is 35.5. The van der Waals surface area contributed by atoms with Gasteiger partial charge in [0.15, 0.2) is 0 Å². The molecule has 0 N–H and O–H groups in total. The maximum absolute atomic E-state index is 8.91. The molecule has 0 aliphatic heterocycles. The minimum atomic E-state index is 0.477. The number of aryl methyl sites for hydroxylation is 2. The van der Waals surface area contributed by atoms with Crippen LogP contribution >= 0.6 is 11.6 Å². The summed E-state index contributed by atoms with van der Waals surface area (Å²) in [5, 5.41) is 9.39. The Morgan fingerprint density at radius 2 is 1.82 bits per heavy atom. The fraction of sp³-hybridized carbons (Fsp3) is 0.143. The topological polar surface area (TPSA) is 36.7 Å². The normalized spacial score (nSPS) is 10.0. The summed E-state index contributed by atoms with van der Waals surface area (Å²) in [5.74, 6) is 0. The Morgan fingerprint density at radius 3 is 2.35 bits per heavy atom. The first kappa shape index (κ1) is 11.6. The number of benzene rings is 1. The van der Waals surface area contributed by atoms with Gasteiger partial charge < -0.3 is 0 Å². The number of aromatic nitrogens is 1. The summed E-state index contributed by atoms with van der Waals surface area (Å²) in [4.78, 5) is 3.97. The zero-order chi connectivity index (χ0) is 12.4. The summed E-state index contributed by atoms with van der Waals surface area (Å²) in [6.07, 6.45) is 1.69. The molecule has 3 heteroatoms. The zero-order valence-corrected chi connectivity index (χ0v) is 10.4. The Bertz CT molecular complexity index is 589. The van der Waals surface area contributed by atoms with Crippen LogP contribution in [0.3, 0.4) is 0 Å². The van der Waals surface area contributed by atoms with Crippen LogP contribution in [0.15, 0.2) is 30.5 Å². The third kappa shape index (κ3) is 2.30. The lowest BCUT2D eigenvalue weighted by Crippen LogP contribution is -1.91. The molecule has 0 atom stereocenters. The number of pyridine rings is 1. The fourth-order valence-corrected chi connectivity index (χ4v) is 2.22. The summed E-state index contributed by atoms with van der Waals surface area (Å²) in [6.45, 7) is 4.00. The molecule has 0 saturated heterocycles. The Kier molecular flexibility index (Phi) is 3.12. The Labute approximate surface area is 105 Å². The molecule has 2 aromatic rings. The van der Waals surface area contributed by atoms with Crippen LogP contribution in [0.5, 0.6) is 0 Å². The van der Waals surface area contributed by atoms with Crippen LogP contribution in [0.25, 0.3) is 11.1 Å². The molecule has 0 saturated carbocycles. The predicted octanol–water partition coefficient (Wildman–Crippen LogP) is 3.89. The number of rotatable bonds is 1. The molecule has 84 valence electrons. The van der Waals surface area contributed by atoms with E-state index in [0.717, 1.165) is 22.3 Å². The largest absolute Gasteiger partial charge is 0.245 e. The van der Waals surface area contributed by atoms with Gasteiger partial charge in [-0.3, -0.25) is 0 Å². The Balaban J connectivity index is 2.65. The number of hydrogen-bond donors (Lipinski definition) is 0. The second-order valence-electron chi connectivity index (χ2n) is 3.96. The molecule has 0 radical (unpaired) electrons. The molecule has 0 amide bonds. The Morgan fingerprint density at radius 1 is 1.18 bits per heavy atom. The predicted molar refractivity (Wildman–Crippen MR) is 68.9 cm³/mol.